The Morgan fingerprint density at radius 1 is 1.11 bits per heavy atom. The Bertz CT molecular complexity index is 718. The Morgan fingerprint density at radius 3 is 2.36 bits per heavy atom. The maximum Gasteiger partial charge on any atom is 0.227 e. The zero-order valence-electron chi connectivity index (χ0n) is 17.1. The summed E-state index contributed by atoms with van der Waals surface area (Å²) < 4.78 is 0. The van der Waals surface area contributed by atoms with Gasteiger partial charge in [-0.2, -0.15) is 0 Å². The van der Waals surface area contributed by atoms with Gasteiger partial charge < -0.3 is 15.1 Å². The molecule has 1 unspecified atom stereocenters. The summed E-state index contributed by atoms with van der Waals surface area (Å²) >= 11 is 0. The average molecular weight is 386 g/mol. The molecule has 1 aromatic carbocycles. The highest BCUT2D eigenvalue weighted by molar-refractivity contribution is 5.89. The van der Waals surface area contributed by atoms with Crippen LogP contribution in [0.2, 0.25) is 0 Å². The summed E-state index contributed by atoms with van der Waals surface area (Å²) in [6, 6.07) is 9.93. The van der Waals surface area contributed by atoms with E-state index in [9.17, 15) is 14.4 Å². The van der Waals surface area contributed by atoms with Gasteiger partial charge in [-0.25, -0.2) is 0 Å². The van der Waals surface area contributed by atoms with Crippen LogP contribution < -0.4 is 5.32 Å². The van der Waals surface area contributed by atoms with Gasteiger partial charge in [0.1, 0.15) is 0 Å². The van der Waals surface area contributed by atoms with E-state index in [1.165, 1.54) is 0 Å². The fourth-order valence-electron chi connectivity index (χ4n) is 3.92. The summed E-state index contributed by atoms with van der Waals surface area (Å²) in [6.07, 6.45) is 1.81. The van der Waals surface area contributed by atoms with Gasteiger partial charge in [-0.05, 0) is 18.4 Å². The number of amides is 3. The van der Waals surface area contributed by atoms with E-state index < -0.39 is 0 Å². The molecule has 0 aromatic heterocycles. The predicted octanol–water partition coefficient (Wildman–Crippen LogP) is 2.19. The van der Waals surface area contributed by atoms with Crippen molar-refractivity contribution in [3.63, 3.8) is 0 Å². The Labute approximate surface area is 167 Å². The number of nitrogens with one attached hydrogen (secondary N) is 1. The van der Waals surface area contributed by atoms with Crippen molar-refractivity contribution in [3.05, 3.63) is 35.9 Å². The number of benzene rings is 1. The highest BCUT2D eigenvalue weighted by Gasteiger charge is 2.36. The molecule has 2 fully saturated rings. The average Bonchev–Trinajstić information content (AvgIpc) is 3.02. The van der Waals surface area contributed by atoms with Crippen LogP contribution in [0.4, 0.5) is 0 Å². The normalized spacial score (nSPS) is 21.1. The molecule has 2 saturated heterocycles. The van der Waals surface area contributed by atoms with E-state index in [1.54, 1.807) is 4.90 Å². The van der Waals surface area contributed by atoms with E-state index in [0.29, 0.717) is 26.2 Å². The van der Waals surface area contributed by atoms with Gasteiger partial charge in [0.2, 0.25) is 17.7 Å². The minimum atomic E-state index is -0.373. The van der Waals surface area contributed by atoms with Crippen LogP contribution in [0.1, 0.15) is 45.6 Å². The molecule has 0 bridgehead atoms. The zero-order valence-corrected chi connectivity index (χ0v) is 17.1. The smallest absolute Gasteiger partial charge is 0.227 e. The number of carbonyl (C=O) groups excluding carboxylic acids is 3. The molecule has 0 aliphatic carbocycles. The van der Waals surface area contributed by atoms with Crippen molar-refractivity contribution in [2.24, 2.45) is 11.3 Å². The van der Waals surface area contributed by atoms with Crippen molar-refractivity contribution >= 4 is 17.7 Å². The third-order valence-corrected chi connectivity index (χ3v) is 5.57. The molecule has 3 rings (SSSR count). The van der Waals surface area contributed by atoms with Crippen molar-refractivity contribution in [1.29, 1.82) is 0 Å². The first-order valence-corrected chi connectivity index (χ1v) is 10.2. The lowest BCUT2D eigenvalue weighted by Crippen LogP contribution is -2.50. The summed E-state index contributed by atoms with van der Waals surface area (Å²) in [5.41, 5.74) is 0.704. The van der Waals surface area contributed by atoms with E-state index in [0.717, 1.165) is 18.4 Å². The van der Waals surface area contributed by atoms with Crippen LogP contribution in [0.3, 0.4) is 0 Å². The number of nitrogens with zero attached hydrogens (tertiary/aromatic N) is 2. The molecule has 0 spiro atoms. The summed E-state index contributed by atoms with van der Waals surface area (Å²) in [4.78, 5) is 41.0. The number of carbonyl (C=O) groups is 3. The van der Waals surface area contributed by atoms with E-state index in [1.807, 2.05) is 56.0 Å². The van der Waals surface area contributed by atoms with Gasteiger partial charge in [0.15, 0.2) is 0 Å². The number of likely N-dealkylation sites (tertiary alicyclic amines) is 2. The summed E-state index contributed by atoms with van der Waals surface area (Å²) in [6.45, 7) is 8.16. The molecule has 6 nitrogen and oxygen atoms in total. The van der Waals surface area contributed by atoms with E-state index >= 15 is 0 Å². The maximum absolute atomic E-state index is 12.7. The minimum absolute atomic E-state index is 0.0367. The standard InChI is InChI=1S/C22H31N3O3/c1-22(2,3)21(28)24-11-9-18(10-12-24)23-20(27)17-13-19(26)25(15-17)14-16-7-5-4-6-8-16/h4-8,17-18H,9-15H2,1-3H3,(H,23,27). The molecule has 2 aliphatic rings. The molecule has 28 heavy (non-hydrogen) atoms. The quantitative estimate of drug-likeness (QED) is 0.864. The van der Waals surface area contributed by atoms with Gasteiger partial charge in [-0.15, -0.1) is 0 Å². The number of rotatable bonds is 4. The van der Waals surface area contributed by atoms with E-state index in [2.05, 4.69) is 5.32 Å². The highest BCUT2D eigenvalue weighted by atomic mass is 16.2. The molecule has 2 aliphatic heterocycles. The molecule has 152 valence electrons. The van der Waals surface area contributed by atoms with Crippen LogP contribution in [-0.4, -0.2) is 53.2 Å². The Kier molecular flexibility index (Phi) is 6.06. The molecule has 6 heteroatoms. The Morgan fingerprint density at radius 2 is 1.75 bits per heavy atom. The van der Waals surface area contributed by atoms with Crippen LogP contribution in [0.25, 0.3) is 0 Å². The second-order valence-electron chi connectivity index (χ2n) is 8.99. The molecule has 2 heterocycles. The van der Waals surface area contributed by atoms with Gasteiger partial charge >= 0.3 is 0 Å². The molecular weight excluding hydrogens is 354 g/mol. The monoisotopic (exact) mass is 385 g/mol. The zero-order chi connectivity index (χ0) is 20.3. The van der Waals surface area contributed by atoms with Crippen LogP contribution >= 0.6 is 0 Å². The third kappa shape index (κ3) is 4.91. The van der Waals surface area contributed by atoms with Crippen LogP contribution in [-0.2, 0) is 20.9 Å². The van der Waals surface area contributed by atoms with Gasteiger partial charge in [-0.1, -0.05) is 51.1 Å². The molecule has 3 amide bonds. The first kappa shape index (κ1) is 20.4. The van der Waals surface area contributed by atoms with Crippen molar-refractivity contribution in [3.8, 4) is 0 Å². The molecule has 0 saturated carbocycles. The summed E-state index contributed by atoms with van der Waals surface area (Å²) in [5, 5.41) is 3.11. The van der Waals surface area contributed by atoms with Crippen molar-refractivity contribution in [1.82, 2.24) is 15.1 Å². The lowest BCUT2D eigenvalue weighted by atomic mass is 9.93. The second kappa shape index (κ2) is 8.33. The second-order valence-corrected chi connectivity index (χ2v) is 8.99. The molecule has 0 radical (unpaired) electrons. The molecular formula is C22H31N3O3. The van der Waals surface area contributed by atoms with Crippen LogP contribution in [0, 0.1) is 11.3 Å². The summed E-state index contributed by atoms with van der Waals surface area (Å²) in [5.74, 6) is -0.125. The van der Waals surface area contributed by atoms with Gasteiger partial charge in [0.05, 0.1) is 5.92 Å². The first-order chi connectivity index (χ1) is 13.2. The molecule has 1 atom stereocenters. The van der Waals surface area contributed by atoms with E-state index in [-0.39, 0.29) is 41.5 Å². The van der Waals surface area contributed by atoms with Crippen molar-refractivity contribution in [2.45, 2.75) is 52.6 Å². The topological polar surface area (TPSA) is 69.7 Å². The predicted molar refractivity (Wildman–Crippen MR) is 107 cm³/mol. The molecule has 1 N–H and O–H groups in total. The van der Waals surface area contributed by atoms with Gasteiger partial charge in [-0.3, -0.25) is 14.4 Å². The summed E-state index contributed by atoms with van der Waals surface area (Å²) in [7, 11) is 0. The van der Waals surface area contributed by atoms with Crippen molar-refractivity contribution < 1.29 is 14.4 Å². The SMILES string of the molecule is CC(C)(C)C(=O)N1CCC(NC(=O)C2CC(=O)N(Cc3ccccc3)C2)CC1. The maximum atomic E-state index is 12.7. The Balaban J connectivity index is 1.47. The lowest BCUT2D eigenvalue weighted by Gasteiger charge is -2.36. The lowest BCUT2D eigenvalue weighted by molar-refractivity contribution is -0.140. The van der Waals surface area contributed by atoms with E-state index in [4.69, 9.17) is 0 Å². The Hall–Kier alpha value is -2.37. The number of hydrogen-bond acceptors (Lipinski definition) is 3. The first-order valence-electron chi connectivity index (χ1n) is 10.2. The molecule has 1 aromatic rings. The largest absolute Gasteiger partial charge is 0.353 e. The minimum Gasteiger partial charge on any atom is -0.353 e. The van der Waals surface area contributed by atoms with Gasteiger partial charge in [0.25, 0.3) is 0 Å². The van der Waals surface area contributed by atoms with Crippen molar-refractivity contribution in [2.75, 3.05) is 19.6 Å². The van der Waals surface area contributed by atoms with Crippen LogP contribution in [0.15, 0.2) is 30.3 Å². The number of piperidine rings is 1. The van der Waals surface area contributed by atoms with Crippen LogP contribution in [0.5, 0.6) is 0 Å². The van der Waals surface area contributed by atoms with Gasteiger partial charge in [0, 0.05) is 44.1 Å². The third-order valence-electron chi connectivity index (χ3n) is 5.57. The fourth-order valence-corrected chi connectivity index (χ4v) is 3.92. The number of hydrogen-bond donors (Lipinski definition) is 1. The highest BCUT2D eigenvalue weighted by Crippen LogP contribution is 2.23. The fraction of sp³-hybridized carbons (Fsp3) is 0.591.